The van der Waals surface area contributed by atoms with Crippen LogP contribution in [0.25, 0.3) is 0 Å². The quantitative estimate of drug-likeness (QED) is 0.263. The lowest BCUT2D eigenvalue weighted by molar-refractivity contribution is -0.133. The van der Waals surface area contributed by atoms with Crippen LogP contribution < -0.4 is 16.0 Å². The van der Waals surface area contributed by atoms with Crippen LogP contribution in [0.15, 0.2) is 42.5 Å². The molecule has 266 valence electrons. The van der Waals surface area contributed by atoms with Gasteiger partial charge in [-0.1, -0.05) is 49.6 Å². The number of aliphatic hydroxyl groups excluding tert-OH is 1. The molecule has 1 saturated carbocycles. The van der Waals surface area contributed by atoms with Crippen molar-refractivity contribution in [2.75, 3.05) is 19.3 Å². The predicted molar refractivity (Wildman–Crippen MR) is 191 cm³/mol. The van der Waals surface area contributed by atoms with Gasteiger partial charge in [0.25, 0.3) is 5.91 Å². The Morgan fingerprint density at radius 2 is 1.62 bits per heavy atom. The zero-order valence-electron chi connectivity index (χ0n) is 29.4. The molecule has 1 aliphatic heterocycles. The highest BCUT2D eigenvalue weighted by Gasteiger charge is 2.46. The molecule has 1 aromatic carbocycles. The first-order valence-corrected chi connectivity index (χ1v) is 19.7. The summed E-state index contributed by atoms with van der Waals surface area (Å²) in [5.41, 5.74) is 0.453. The van der Waals surface area contributed by atoms with Crippen molar-refractivity contribution >= 4 is 38.9 Å². The number of carbonyl (C=O) groups excluding carboxylic acids is 3. The van der Waals surface area contributed by atoms with Crippen molar-refractivity contribution in [1.29, 1.82) is 0 Å². The van der Waals surface area contributed by atoms with Crippen LogP contribution in [-0.4, -0.2) is 90.0 Å². The molecule has 4 rings (SSSR count). The third-order valence-corrected chi connectivity index (χ3v) is 13.1. The molecule has 0 radical (unpaired) electrons. The van der Waals surface area contributed by atoms with Crippen LogP contribution in [0.4, 0.5) is 0 Å². The van der Waals surface area contributed by atoms with Crippen LogP contribution in [0.1, 0.15) is 86.8 Å². The van der Waals surface area contributed by atoms with E-state index in [1.165, 1.54) is 25.2 Å². The van der Waals surface area contributed by atoms with Gasteiger partial charge >= 0.3 is 0 Å². The molecule has 3 amide bonds. The third kappa shape index (κ3) is 9.67. The highest BCUT2D eigenvalue weighted by molar-refractivity contribution is 7.92. The van der Waals surface area contributed by atoms with Gasteiger partial charge in [0.15, 0.2) is 9.84 Å². The summed E-state index contributed by atoms with van der Waals surface area (Å²) in [4.78, 5) is 44.4. The van der Waals surface area contributed by atoms with E-state index in [2.05, 4.69) is 20.9 Å². The molecular weight excluding hydrogens is 649 g/mol. The van der Waals surface area contributed by atoms with Crippen LogP contribution in [0.3, 0.4) is 0 Å². The Morgan fingerprint density at radius 1 is 0.979 bits per heavy atom. The number of aryl methyl sites for hydroxylation is 1. The predicted octanol–water partition coefficient (Wildman–Crippen LogP) is 3.86. The number of nitrogens with zero attached hydrogens (tertiary/aromatic N) is 1. The topological polar surface area (TPSA) is 145 Å². The van der Waals surface area contributed by atoms with Crippen LogP contribution in [0.2, 0.25) is 0 Å². The maximum absolute atomic E-state index is 14.1. The highest BCUT2D eigenvalue weighted by Crippen LogP contribution is 2.39. The maximum atomic E-state index is 14.1. The first-order valence-electron chi connectivity index (χ1n) is 17.0. The molecule has 0 bridgehead atoms. The van der Waals surface area contributed by atoms with Crippen molar-refractivity contribution in [3.63, 3.8) is 0 Å². The van der Waals surface area contributed by atoms with E-state index >= 15 is 0 Å². The molecule has 48 heavy (non-hydrogen) atoms. The number of likely N-dealkylation sites (tertiary alicyclic amines) is 1. The number of benzene rings is 1. The molecule has 2 unspecified atom stereocenters. The molecule has 12 heteroatoms. The third-order valence-electron chi connectivity index (χ3n) is 9.97. The fraction of sp³-hybridized carbons (Fsp3) is 0.639. The number of thiophene rings is 1. The summed E-state index contributed by atoms with van der Waals surface area (Å²) >= 11 is 1.25. The number of nitrogens with one attached hydrogen (secondary N) is 3. The van der Waals surface area contributed by atoms with E-state index < -0.39 is 56.2 Å². The zero-order chi connectivity index (χ0) is 35.4. The minimum absolute atomic E-state index is 0.0659. The Balaban J connectivity index is 1.62. The molecule has 0 spiro atoms. The molecule has 2 fully saturated rings. The van der Waals surface area contributed by atoms with Crippen LogP contribution >= 0.6 is 11.3 Å². The number of fused-ring (bicyclic) bond motifs is 1. The summed E-state index contributed by atoms with van der Waals surface area (Å²) in [5, 5.41) is 20.7. The summed E-state index contributed by atoms with van der Waals surface area (Å²) in [6.45, 7) is 11.4. The Kier molecular flexibility index (Phi) is 12.2. The summed E-state index contributed by atoms with van der Waals surface area (Å²) in [7, 11) is -3.84. The molecule has 4 N–H and O–H groups in total. The van der Waals surface area contributed by atoms with Gasteiger partial charge in [-0.2, -0.15) is 0 Å². The maximum Gasteiger partial charge on any atom is 0.262 e. The van der Waals surface area contributed by atoms with E-state index in [4.69, 9.17) is 0 Å². The Hall–Kier alpha value is -2.80. The molecular formula is C36H54N4O6S2. The zero-order valence-corrected chi connectivity index (χ0v) is 31.0. The number of aliphatic hydroxyl groups is 1. The van der Waals surface area contributed by atoms with E-state index in [1.807, 2.05) is 58.0 Å². The molecule has 1 aromatic heterocycles. The van der Waals surface area contributed by atoms with Gasteiger partial charge in [-0.3, -0.25) is 19.3 Å². The number of amides is 3. The number of sulfone groups is 1. The standard InChI is InChI=1S/C36H54N4O6S2/c1-23-17-18-30(47-23)33(43)38-31(36(5,6)48(7,45)46)34(44)37-27(19-24-13-9-8-10-14-24)29(41)22-40-21-26-16-12-11-15-25(26)20-28(40)32(42)39-35(2,3)4/h8-10,13-14,17-18,25-29,31,41H,11-12,15-16,19-22H2,1-7H3,(H,37,44)(H,38,43)(H,39,42)/t25?,26?,27-,28-,29+,31+/m0/s1. The second kappa shape index (κ2) is 15.4. The summed E-state index contributed by atoms with van der Waals surface area (Å²) < 4.78 is 24.3. The molecule has 6 atom stereocenters. The van der Waals surface area contributed by atoms with Gasteiger partial charge in [0.1, 0.15) is 6.04 Å². The van der Waals surface area contributed by atoms with Crippen LogP contribution in [-0.2, 0) is 25.8 Å². The van der Waals surface area contributed by atoms with E-state index in [9.17, 15) is 27.9 Å². The Labute approximate surface area is 290 Å². The largest absolute Gasteiger partial charge is 0.390 e. The van der Waals surface area contributed by atoms with Gasteiger partial charge in [-0.15, -0.1) is 11.3 Å². The summed E-state index contributed by atoms with van der Waals surface area (Å²) in [6.07, 6.45) is 5.42. The summed E-state index contributed by atoms with van der Waals surface area (Å²) in [5.74, 6) is -0.433. The van der Waals surface area contributed by atoms with Crippen LogP contribution in [0, 0.1) is 18.8 Å². The summed E-state index contributed by atoms with van der Waals surface area (Å²) in [6, 6.07) is 10.2. The van der Waals surface area contributed by atoms with Gasteiger partial charge in [0.05, 0.1) is 27.8 Å². The molecule has 1 aliphatic carbocycles. The number of piperidine rings is 1. The lowest BCUT2D eigenvalue weighted by atomic mass is 9.72. The Bertz CT molecular complexity index is 1530. The van der Waals surface area contributed by atoms with E-state index in [1.54, 1.807) is 12.1 Å². The molecule has 2 aliphatic rings. The second-order valence-electron chi connectivity index (χ2n) is 15.3. The number of rotatable bonds is 12. The second-order valence-corrected chi connectivity index (χ2v) is 19.2. The molecule has 1 saturated heterocycles. The average molecular weight is 703 g/mol. The number of hydrogen-bond acceptors (Lipinski definition) is 8. The molecule has 10 nitrogen and oxygen atoms in total. The monoisotopic (exact) mass is 702 g/mol. The van der Waals surface area contributed by atoms with Gasteiger partial charge < -0.3 is 21.1 Å². The van der Waals surface area contributed by atoms with Crippen molar-refractivity contribution in [2.45, 2.75) is 115 Å². The smallest absolute Gasteiger partial charge is 0.262 e. The molecule has 2 heterocycles. The number of hydrogen-bond donors (Lipinski definition) is 4. The van der Waals surface area contributed by atoms with Crippen molar-refractivity contribution in [3.05, 3.63) is 57.8 Å². The molecule has 2 aromatic rings. The van der Waals surface area contributed by atoms with Crippen LogP contribution in [0.5, 0.6) is 0 Å². The lowest BCUT2D eigenvalue weighted by Crippen LogP contribution is -2.64. The van der Waals surface area contributed by atoms with Gasteiger partial charge in [-0.25, -0.2) is 8.42 Å². The lowest BCUT2D eigenvalue weighted by Gasteiger charge is -2.47. The van der Waals surface area contributed by atoms with Crippen molar-refractivity contribution in [2.24, 2.45) is 11.8 Å². The van der Waals surface area contributed by atoms with Crippen molar-refractivity contribution in [3.8, 4) is 0 Å². The first-order chi connectivity index (χ1) is 22.4. The van der Waals surface area contributed by atoms with E-state index in [-0.39, 0.29) is 18.9 Å². The van der Waals surface area contributed by atoms with Gasteiger partial charge in [0.2, 0.25) is 11.8 Å². The minimum Gasteiger partial charge on any atom is -0.390 e. The number of carbonyl (C=O) groups is 3. The van der Waals surface area contributed by atoms with Crippen molar-refractivity contribution in [1.82, 2.24) is 20.9 Å². The Morgan fingerprint density at radius 3 is 2.21 bits per heavy atom. The normalized spacial score (nSPS) is 22.5. The fourth-order valence-electron chi connectivity index (χ4n) is 6.94. The highest BCUT2D eigenvalue weighted by atomic mass is 32.2. The SMILES string of the molecule is Cc1ccc(C(=O)N[C@H](C(=O)N[C@@H](Cc2ccccc2)[C@H](O)CN2CC3CCCCC3C[C@H]2C(=O)NC(C)(C)C)C(C)(C)S(C)(=O)=O)s1. The van der Waals surface area contributed by atoms with Crippen molar-refractivity contribution < 1.29 is 27.9 Å². The first kappa shape index (κ1) is 38.0. The van der Waals surface area contributed by atoms with E-state index in [0.29, 0.717) is 29.7 Å². The average Bonchev–Trinajstić information content (AvgIpc) is 3.44. The minimum atomic E-state index is -3.84. The van der Waals surface area contributed by atoms with E-state index in [0.717, 1.165) is 42.4 Å². The van der Waals surface area contributed by atoms with Gasteiger partial charge in [-0.05, 0) is 90.3 Å². The number of β-amino-alcohol motifs (C(OH)–C–C–N with tert-alkyl or cyclic N) is 1. The van der Waals surface area contributed by atoms with Gasteiger partial charge in [0, 0.05) is 29.8 Å². The fourth-order valence-corrected chi connectivity index (χ4v) is 8.30.